The van der Waals surface area contributed by atoms with Gasteiger partial charge in [-0.1, -0.05) is 20.8 Å². The van der Waals surface area contributed by atoms with Crippen molar-refractivity contribution in [3.05, 3.63) is 11.6 Å². The molecule has 1 aromatic heterocycles. The Balaban J connectivity index is 2.21. The third-order valence-corrected chi connectivity index (χ3v) is 3.94. The van der Waals surface area contributed by atoms with Crippen LogP contribution in [-0.2, 0) is 12.8 Å². The Morgan fingerprint density at radius 3 is 2.79 bits per heavy atom. The summed E-state index contributed by atoms with van der Waals surface area (Å²) in [6.45, 7) is 7.07. The fraction of sp³-hybridized carbons (Fsp3) is 0.786. The van der Waals surface area contributed by atoms with Crippen LogP contribution >= 0.6 is 0 Å². The largest absolute Gasteiger partial charge is 0.300 e. The number of aromatic nitrogens is 3. The molecule has 0 saturated heterocycles. The molecule has 1 heterocycles. The maximum atomic E-state index is 9.43. The van der Waals surface area contributed by atoms with Gasteiger partial charge in [-0.3, -0.25) is 5.32 Å². The lowest BCUT2D eigenvalue weighted by atomic mass is 9.99. The zero-order valence-corrected chi connectivity index (χ0v) is 12.1. The Kier molecular flexibility index (Phi) is 4.20. The van der Waals surface area contributed by atoms with Gasteiger partial charge in [-0.15, -0.1) is 0 Å². The molecule has 1 N–H and O–H groups in total. The second kappa shape index (κ2) is 5.70. The van der Waals surface area contributed by atoms with E-state index in [4.69, 9.17) is 0 Å². The normalized spacial score (nSPS) is 26.5. The van der Waals surface area contributed by atoms with Crippen molar-refractivity contribution in [2.75, 3.05) is 6.54 Å². The van der Waals surface area contributed by atoms with Crippen LogP contribution in [-0.4, -0.2) is 26.8 Å². The molecule has 0 amide bonds. The van der Waals surface area contributed by atoms with E-state index < -0.39 is 0 Å². The van der Waals surface area contributed by atoms with Crippen molar-refractivity contribution in [3.63, 3.8) is 0 Å². The molecule has 2 rings (SSSR count). The van der Waals surface area contributed by atoms with Gasteiger partial charge in [0.1, 0.15) is 11.4 Å². The molecule has 0 bridgehead atoms. The van der Waals surface area contributed by atoms with Crippen molar-refractivity contribution in [1.82, 2.24) is 20.1 Å². The molecule has 5 nitrogen and oxygen atoms in total. The van der Waals surface area contributed by atoms with Gasteiger partial charge in [-0.25, -0.2) is 9.67 Å². The highest BCUT2D eigenvalue weighted by Crippen LogP contribution is 2.37. The van der Waals surface area contributed by atoms with Crippen LogP contribution in [0.4, 0.5) is 0 Å². The second-order valence-corrected chi connectivity index (χ2v) is 5.22. The molecule has 1 aliphatic rings. The minimum absolute atomic E-state index is 0.307. The minimum Gasteiger partial charge on any atom is -0.300 e. The lowest BCUT2D eigenvalue weighted by Gasteiger charge is -2.22. The van der Waals surface area contributed by atoms with Crippen molar-refractivity contribution in [2.24, 2.45) is 0 Å². The Morgan fingerprint density at radius 1 is 1.42 bits per heavy atom. The first-order valence-electron chi connectivity index (χ1n) is 7.28. The first-order valence-corrected chi connectivity index (χ1v) is 7.28. The van der Waals surface area contributed by atoms with E-state index in [1.807, 2.05) is 0 Å². The number of rotatable bonds is 5. The SMILES string of the molecule is CCNC1(C#N)CCC(n2nc(CC)nc2CC)C1. The van der Waals surface area contributed by atoms with E-state index in [2.05, 4.69) is 46.9 Å². The van der Waals surface area contributed by atoms with Crippen LogP contribution in [0.5, 0.6) is 0 Å². The quantitative estimate of drug-likeness (QED) is 0.880. The van der Waals surface area contributed by atoms with E-state index in [1.165, 1.54) is 0 Å². The Morgan fingerprint density at radius 2 is 2.21 bits per heavy atom. The summed E-state index contributed by atoms with van der Waals surface area (Å²) in [6.07, 6.45) is 4.48. The molecule has 5 heteroatoms. The number of hydrogen-bond donors (Lipinski definition) is 1. The molecule has 1 aliphatic carbocycles. The van der Waals surface area contributed by atoms with Crippen LogP contribution in [0.25, 0.3) is 0 Å². The van der Waals surface area contributed by atoms with Gasteiger partial charge in [0.05, 0.1) is 12.1 Å². The van der Waals surface area contributed by atoms with Gasteiger partial charge in [-0.2, -0.15) is 10.4 Å². The van der Waals surface area contributed by atoms with Gasteiger partial charge in [0.15, 0.2) is 5.82 Å². The van der Waals surface area contributed by atoms with Crippen LogP contribution in [0.1, 0.15) is 57.7 Å². The zero-order valence-electron chi connectivity index (χ0n) is 12.1. The van der Waals surface area contributed by atoms with Gasteiger partial charge >= 0.3 is 0 Å². The molecule has 0 radical (unpaired) electrons. The summed E-state index contributed by atoms with van der Waals surface area (Å²) in [5, 5.41) is 17.4. The van der Waals surface area contributed by atoms with Crippen LogP contribution in [0.3, 0.4) is 0 Å². The molecular formula is C14H23N5. The average molecular weight is 261 g/mol. The van der Waals surface area contributed by atoms with E-state index in [0.29, 0.717) is 6.04 Å². The Labute approximate surface area is 115 Å². The summed E-state index contributed by atoms with van der Waals surface area (Å²) in [5.74, 6) is 1.96. The van der Waals surface area contributed by atoms with E-state index in [1.54, 1.807) is 0 Å². The third-order valence-electron chi connectivity index (χ3n) is 3.94. The van der Waals surface area contributed by atoms with Crippen molar-refractivity contribution >= 4 is 0 Å². The van der Waals surface area contributed by atoms with Crippen molar-refractivity contribution in [3.8, 4) is 6.07 Å². The van der Waals surface area contributed by atoms with E-state index in [-0.39, 0.29) is 5.54 Å². The highest BCUT2D eigenvalue weighted by molar-refractivity contribution is 5.13. The first kappa shape index (κ1) is 14.0. The minimum atomic E-state index is -0.372. The van der Waals surface area contributed by atoms with E-state index in [0.717, 1.165) is 50.3 Å². The first-order chi connectivity index (χ1) is 9.18. The van der Waals surface area contributed by atoms with Gasteiger partial charge < -0.3 is 0 Å². The van der Waals surface area contributed by atoms with E-state index in [9.17, 15) is 5.26 Å². The number of nitrogens with one attached hydrogen (secondary N) is 1. The van der Waals surface area contributed by atoms with Crippen LogP contribution < -0.4 is 5.32 Å². The maximum absolute atomic E-state index is 9.43. The molecule has 0 spiro atoms. The lowest BCUT2D eigenvalue weighted by Crippen LogP contribution is -2.41. The van der Waals surface area contributed by atoms with Gasteiger partial charge in [0.2, 0.25) is 0 Å². The predicted molar refractivity (Wildman–Crippen MR) is 73.7 cm³/mol. The summed E-state index contributed by atoms with van der Waals surface area (Å²) in [5.41, 5.74) is -0.372. The molecule has 0 aliphatic heterocycles. The smallest absolute Gasteiger partial charge is 0.150 e. The molecule has 1 saturated carbocycles. The molecule has 1 fully saturated rings. The molecule has 2 atom stereocenters. The average Bonchev–Trinajstić information content (AvgIpc) is 3.03. The Hall–Kier alpha value is -1.41. The second-order valence-electron chi connectivity index (χ2n) is 5.22. The summed E-state index contributed by atoms with van der Waals surface area (Å²) in [4.78, 5) is 4.56. The topological polar surface area (TPSA) is 66.5 Å². The monoisotopic (exact) mass is 261 g/mol. The van der Waals surface area contributed by atoms with Crippen LogP contribution in [0, 0.1) is 11.3 Å². The highest BCUT2D eigenvalue weighted by Gasteiger charge is 2.40. The number of hydrogen-bond acceptors (Lipinski definition) is 4. The third kappa shape index (κ3) is 2.64. The summed E-state index contributed by atoms with van der Waals surface area (Å²) in [6, 6.07) is 2.77. The fourth-order valence-electron chi connectivity index (χ4n) is 2.96. The molecular weight excluding hydrogens is 238 g/mol. The summed E-state index contributed by atoms with van der Waals surface area (Å²) in [7, 11) is 0. The molecule has 0 aromatic carbocycles. The van der Waals surface area contributed by atoms with E-state index >= 15 is 0 Å². The van der Waals surface area contributed by atoms with Crippen molar-refractivity contribution in [2.45, 2.75) is 64.5 Å². The van der Waals surface area contributed by atoms with Gasteiger partial charge in [0, 0.05) is 19.3 Å². The summed E-state index contributed by atoms with van der Waals surface area (Å²) >= 11 is 0. The van der Waals surface area contributed by atoms with Crippen molar-refractivity contribution < 1.29 is 0 Å². The van der Waals surface area contributed by atoms with Gasteiger partial charge in [0.25, 0.3) is 0 Å². The van der Waals surface area contributed by atoms with Crippen LogP contribution in [0.2, 0.25) is 0 Å². The summed E-state index contributed by atoms with van der Waals surface area (Å²) < 4.78 is 2.06. The number of aryl methyl sites for hydroxylation is 2. The molecule has 1 aromatic rings. The molecule has 2 unspecified atom stereocenters. The standard InChI is InChI=1S/C14H23N5/c1-4-12-17-13(5-2)19(18-12)11-7-8-14(9-11,10-15)16-6-3/h11,16H,4-9H2,1-3H3. The number of nitriles is 1. The molecule has 19 heavy (non-hydrogen) atoms. The highest BCUT2D eigenvalue weighted by atomic mass is 15.4. The van der Waals surface area contributed by atoms with Crippen molar-refractivity contribution in [1.29, 1.82) is 5.26 Å². The fourth-order valence-corrected chi connectivity index (χ4v) is 2.96. The van der Waals surface area contributed by atoms with Gasteiger partial charge in [-0.05, 0) is 19.4 Å². The Bertz CT molecular complexity index is 473. The van der Waals surface area contributed by atoms with Crippen LogP contribution in [0.15, 0.2) is 0 Å². The molecule has 104 valence electrons. The lowest BCUT2D eigenvalue weighted by molar-refractivity contribution is 0.388. The maximum Gasteiger partial charge on any atom is 0.150 e. The zero-order chi connectivity index (χ0) is 13.9. The predicted octanol–water partition coefficient (Wildman–Crippen LogP) is 2.00. The number of nitrogens with zero attached hydrogens (tertiary/aromatic N) is 4.